The van der Waals surface area contributed by atoms with Crippen molar-refractivity contribution in [2.24, 2.45) is 0 Å². The number of carboxylic acids is 1. The maximum absolute atomic E-state index is 13.7. The Morgan fingerprint density at radius 2 is 2.13 bits per heavy atom. The van der Waals surface area contributed by atoms with E-state index in [0.29, 0.717) is 34.1 Å². The van der Waals surface area contributed by atoms with Crippen LogP contribution in [0.4, 0.5) is 14.6 Å². The molecule has 1 aliphatic heterocycles. The molecule has 5 rings (SSSR count). The van der Waals surface area contributed by atoms with Crippen molar-refractivity contribution < 1.29 is 33.3 Å². The molecule has 14 heteroatoms. The van der Waals surface area contributed by atoms with Gasteiger partial charge in [-0.1, -0.05) is 30.0 Å². The molecule has 1 aromatic carbocycles. The Hall–Kier alpha value is -2.94. The number of hydrogen-bond acceptors (Lipinski definition) is 10. The summed E-state index contributed by atoms with van der Waals surface area (Å²) in [7, 11) is 0. The van der Waals surface area contributed by atoms with E-state index in [1.165, 1.54) is 17.8 Å². The first-order chi connectivity index (χ1) is 18.4. The third-order valence-corrected chi connectivity index (χ3v) is 7.60. The molecule has 0 amide bonds. The lowest BCUT2D eigenvalue weighted by Crippen LogP contribution is -2.25. The van der Waals surface area contributed by atoms with Crippen LogP contribution < -0.4 is 5.32 Å². The number of nitrogens with zero attached hydrogens (tertiary/aromatic N) is 5. The van der Waals surface area contributed by atoms with E-state index in [-0.39, 0.29) is 25.2 Å². The van der Waals surface area contributed by atoms with Crippen molar-refractivity contribution in [3.63, 3.8) is 0 Å². The number of aromatic nitrogens is 5. The fourth-order valence-corrected chi connectivity index (χ4v) is 5.35. The molecule has 3 N–H and O–H groups in total. The summed E-state index contributed by atoms with van der Waals surface area (Å²) < 4.78 is 39.8. The molecule has 11 nitrogen and oxygen atoms in total. The third kappa shape index (κ3) is 5.72. The molecule has 0 bridgehead atoms. The number of carbonyl (C=O) groups is 1. The maximum atomic E-state index is 13.7. The summed E-state index contributed by atoms with van der Waals surface area (Å²) >= 11 is 1.49. The molecular formula is C24H28F2N6O5S. The molecule has 1 saturated carbocycles. The van der Waals surface area contributed by atoms with Gasteiger partial charge in [0.1, 0.15) is 12.7 Å². The number of aliphatic hydroxyl groups excluding tert-OH is 1. The van der Waals surface area contributed by atoms with Gasteiger partial charge in [0.25, 0.3) is 0 Å². The first-order valence-corrected chi connectivity index (χ1v) is 13.4. The van der Waals surface area contributed by atoms with Gasteiger partial charge in [-0.25, -0.2) is 28.2 Å². The number of anilines is 1. The van der Waals surface area contributed by atoms with Gasteiger partial charge < -0.3 is 25.0 Å². The molecule has 0 spiro atoms. The van der Waals surface area contributed by atoms with Crippen molar-refractivity contribution in [2.45, 2.75) is 61.6 Å². The lowest BCUT2D eigenvalue weighted by molar-refractivity contribution is -0.143. The van der Waals surface area contributed by atoms with E-state index in [4.69, 9.17) is 19.6 Å². The highest BCUT2D eigenvalue weighted by atomic mass is 32.2. The van der Waals surface area contributed by atoms with Gasteiger partial charge in [0, 0.05) is 24.1 Å². The molecule has 2 aliphatic rings. The van der Waals surface area contributed by atoms with Crippen LogP contribution in [0.5, 0.6) is 0 Å². The monoisotopic (exact) mass is 550 g/mol. The Kier molecular flexibility index (Phi) is 8.02. The minimum absolute atomic E-state index is 0.00506. The van der Waals surface area contributed by atoms with Gasteiger partial charge in [-0.3, -0.25) is 0 Å². The zero-order chi connectivity index (χ0) is 26.8. The highest BCUT2D eigenvalue weighted by molar-refractivity contribution is 7.99. The third-order valence-electron chi connectivity index (χ3n) is 6.55. The topological polar surface area (TPSA) is 145 Å². The predicted molar refractivity (Wildman–Crippen MR) is 133 cm³/mol. The zero-order valence-corrected chi connectivity index (χ0v) is 21.4. The number of aliphatic hydroxyl groups is 1. The summed E-state index contributed by atoms with van der Waals surface area (Å²) in [5.74, 6) is -1.51. The number of benzene rings is 1. The Morgan fingerprint density at radius 3 is 2.87 bits per heavy atom. The second kappa shape index (κ2) is 11.4. The maximum Gasteiger partial charge on any atom is 0.329 e. The summed E-state index contributed by atoms with van der Waals surface area (Å²) in [6.45, 7) is 1.42. The molecule has 204 valence electrons. The minimum atomic E-state index is -1.07. The Balaban J connectivity index is 1.39. The lowest BCUT2D eigenvalue weighted by Gasteiger charge is -2.16. The van der Waals surface area contributed by atoms with Crippen molar-refractivity contribution in [3.05, 3.63) is 35.4 Å². The fraction of sp³-hybridized carbons (Fsp3) is 0.542. The molecule has 2 aromatic heterocycles. The van der Waals surface area contributed by atoms with Crippen LogP contribution in [0.3, 0.4) is 0 Å². The summed E-state index contributed by atoms with van der Waals surface area (Å²) in [4.78, 5) is 20.1. The van der Waals surface area contributed by atoms with Crippen molar-refractivity contribution in [1.29, 1.82) is 0 Å². The average Bonchev–Trinajstić information content (AvgIpc) is 3.33. The average molecular weight is 551 g/mol. The smallest absolute Gasteiger partial charge is 0.329 e. The van der Waals surface area contributed by atoms with E-state index >= 15 is 0 Å². The summed E-state index contributed by atoms with van der Waals surface area (Å²) in [6, 6.07) is 3.51. The van der Waals surface area contributed by atoms with Crippen molar-refractivity contribution in [3.8, 4) is 0 Å². The van der Waals surface area contributed by atoms with Gasteiger partial charge in [0.2, 0.25) is 0 Å². The summed E-state index contributed by atoms with van der Waals surface area (Å²) in [6.07, 6.45) is 1.05. The number of thioether (sulfide) groups is 1. The number of halogens is 2. The summed E-state index contributed by atoms with van der Waals surface area (Å²) in [5, 5.41) is 31.3. The van der Waals surface area contributed by atoms with Crippen LogP contribution in [0, 0.1) is 11.6 Å². The zero-order valence-electron chi connectivity index (χ0n) is 20.6. The Bertz CT molecular complexity index is 1310. The number of hydrogen-bond donors (Lipinski definition) is 3. The Morgan fingerprint density at radius 1 is 1.29 bits per heavy atom. The van der Waals surface area contributed by atoms with Gasteiger partial charge in [-0.05, 0) is 30.5 Å². The van der Waals surface area contributed by atoms with Gasteiger partial charge in [-0.2, -0.15) is 0 Å². The van der Waals surface area contributed by atoms with E-state index in [0.717, 1.165) is 24.7 Å². The molecule has 3 aromatic rings. The molecule has 1 aliphatic carbocycles. The normalized spacial score (nSPS) is 24.7. The molecule has 38 heavy (non-hydrogen) atoms. The predicted octanol–water partition coefficient (Wildman–Crippen LogP) is 2.76. The van der Waals surface area contributed by atoms with Crippen LogP contribution in [0.25, 0.3) is 11.2 Å². The number of rotatable bonds is 12. The van der Waals surface area contributed by atoms with Crippen LogP contribution in [0.1, 0.15) is 43.7 Å². The van der Waals surface area contributed by atoms with Crippen LogP contribution >= 0.6 is 11.8 Å². The first-order valence-electron chi connectivity index (χ1n) is 12.4. The summed E-state index contributed by atoms with van der Waals surface area (Å²) in [5.41, 5.74) is 1.63. The van der Waals surface area contributed by atoms with Crippen molar-refractivity contribution >= 4 is 34.7 Å². The molecule has 0 radical (unpaired) electrons. The Labute approximate surface area is 220 Å². The number of aliphatic carboxylic acids is 1. The molecule has 3 heterocycles. The van der Waals surface area contributed by atoms with E-state index in [9.17, 15) is 18.7 Å². The van der Waals surface area contributed by atoms with Crippen LogP contribution in [0.15, 0.2) is 23.4 Å². The van der Waals surface area contributed by atoms with Crippen molar-refractivity contribution in [2.75, 3.05) is 30.9 Å². The van der Waals surface area contributed by atoms with Crippen LogP contribution in [0.2, 0.25) is 0 Å². The van der Waals surface area contributed by atoms with E-state index in [1.54, 1.807) is 10.7 Å². The number of nitrogens with one attached hydrogen (secondary N) is 1. The lowest BCUT2D eigenvalue weighted by atomic mass is 10.1. The van der Waals surface area contributed by atoms with Gasteiger partial charge >= 0.3 is 5.97 Å². The SMILES string of the molecule is CCCSc1nc(N[C@H]2C[C@H]2c2ccc(F)c(F)c2)c2nnn([C@@H]3C[C@H](COCC(=O)O)O[C@H]3CO)c2n1. The second-order valence-corrected chi connectivity index (χ2v) is 10.4. The largest absolute Gasteiger partial charge is 0.480 e. The quantitative estimate of drug-likeness (QED) is 0.226. The number of fused-ring (bicyclic) bond motifs is 1. The first kappa shape index (κ1) is 26.7. The van der Waals surface area contributed by atoms with Crippen molar-refractivity contribution in [1.82, 2.24) is 25.0 Å². The molecule has 5 atom stereocenters. The van der Waals surface area contributed by atoms with Crippen LogP contribution in [-0.4, -0.2) is 85.0 Å². The minimum Gasteiger partial charge on any atom is -0.480 e. The molecular weight excluding hydrogens is 522 g/mol. The van der Waals surface area contributed by atoms with Gasteiger partial charge in [0.05, 0.1) is 25.4 Å². The second-order valence-electron chi connectivity index (χ2n) is 9.37. The standard InChI is InChI=1S/C24H28F2N6O5S/c1-2-5-38-24-28-22(27-17-8-14(17)12-3-4-15(25)16(26)6-12)21-23(29-24)32(31-30-21)18-7-13(37-19(18)9-33)10-36-11-20(34)35/h3-4,6,13-14,17-19,33H,2,5,7-11H2,1H3,(H,34,35)(H,27,28,29)/t13-,14+,17+,18-,19+/m1/s1. The number of ether oxygens (including phenoxy) is 2. The molecule has 1 saturated heterocycles. The van der Waals surface area contributed by atoms with Crippen LogP contribution in [-0.2, 0) is 14.3 Å². The highest BCUT2D eigenvalue weighted by Gasteiger charge is 2.41. The fourth-order valence-electron chi connectivity index (χ4n) is 4.66. The highest BCUT2D eigenvalue weighted by Crippen LogP contribution is 2.44. The molecule has 2 fully saturated rings. The van der Waals surface area contributed by atoms with E-state index in [1.807, 2.05) is 0 Å². The van der Waals surface area contributed by atoms with Gasteiger partial charge in [-0.15, -0.1) is 5.10 Å². The van der Waals surface area contributed by atoms with E-state index in [2.05, 4.69) is 27.5 Å². The molecule has 0 unspecified atom stereocenters. The van der Waals surface area contributed by atoms with Gasteiger partial charge in [0.15, 0.2) is 33.8 Å². The van der Waals surface area contributed by atoms with E-state index < -0.39 is 42.5 Å². The number of carboxylic acid groups (broad SMARTS) is 1.